The Kier molecular flexibility index (Phi) is 3.99. The van der Waals surface area contributed by atoms with Gasteiger partial charge in [-0.2, -0.15) is 0 Å². The van der Waals surface area contributed by atoms with Crippen molar-refractivity contribution < 1.29 is 9.90 Å². The highest BCUT2D eigenvalue weighted by Crippen LogP contribution is 2.24. The van der Waals surface area contributed by atoms with Gasteiger partial charge in [0, 0.05) is 19.3 Å². The summed E-state index contributed by atoms with van der Waals surface area (Å²) in [5.41, 5.74) is 2.25. The van der Waals surface area contributed by atoms with Gasteiger partial charge in [-0.25, -0.2) is 9.48 Å². The van der Waals surface area contributed by atoms with Crippen LogP contribution < -0.4 is 0 Å². The molecule has 1 N–H and O–H groups in total. The van der Waals surface area contributed by atoms with Gasteiger partial charge in [-0.3, -0.25) is 9.88 Å². The molecule has 1 atom stereocenters. The number of likely N-dealkylation sites (tertiary alicyclic amines) is 1. The van der Waals surface area contributed by atoms with E-state index in [1.807, 2.05) is 12.3 Å². The summed E-state index contributed by atoms with van der Waals surface area (Å²) in [5.74, 6) is -1.04. The fraction of sp³-hybridized carbons (Fsp3) is 0.375. The number of aromatic nitrogens is 4. The van der Waals surface area contributed by atoms with E-state index in [0.29, 0.717) is 0 Å². The Balaban J connectivity index is 1.46. The minimum absolute atomic E-state index is 0.000490. The van der Waals surface area contributed by atoms with E-state index < -0.39 is 5.97 Å². The van der Waals surface area contributed by atoms with Crippen LogP contribution in [0.3, 0.4) is 0 Å². The van der Waals surface area contributed by atoms with Crippen LogP contribution in [0.5, 0.6) is 0 Å². The normalized spacial score (nSPS) is 18.9. The lowest BCUT2D eigenvalue weighted by Gasteiger charge is -2.32. The topological polar surface area (TPSA) is 84.1 Å². The third-order valence-corrected chi connectivity index (χ3v) is 5.20. The molecule has 4 heterocycles. The maximum absolute atomic E-state index is 11.0. The van der Waals surface area contributed by atoms with Gasteiger partial charge >= 0.3 is 5.97 Å². The largest absolute Gasteiger partial charge is 0.476 e. The van der Waals surface area contributed by atoms with Gasteiger partial charge in [-0.1, -0.05) is 5.21 Å². The SMILES string of the molecule is O=C(O)c1cn(C2CCCN(Cc3cnc4ccsc4c3)C2)nn1. The van der Waals surface area contributed by atoms with E-state index in [2.05, 4.69) is 31.6 Å². The molecule has 3 aromatic heterocycles. The summed E-state index contributed by atoms with van der Waals surface area (Å²) in [5, 5.41) is 18.7. The van der Waals surface area contributed by atoms with Gasteiger partial charge in [0.1, 0.15) is 0 Å². The molecule has 0 amide bonds. The molecule has 8 heteroatoms. The number of carboxylic acid groups (broad SMARTS) is 1. The maximum Gasteiger partial charge on any atom is 0.358 e. The minimum Gasteiger partial charge on any atom is -0.476 e. The number of thiophene rings is 1. The Bertz CT molecular complexity index is 874. The summed E-state index contributed by atoms with van der Waals surface area (Å²) in [4.78, 5) is 17.8. The third-order valence-electron chi connectivity index (χ3n) is 4.35. The molecular weight excluding hydrogens is 326 g/mol. The first-order valence-electron chi connectivity index (χ1n) is 7.88. The van der Waals surface area contributed by atoms with Crippen LogP contribution in [0.25, 0.3) is 10.2 Å². The Morgan fingerprint density at radius 3 is 3.21 bits per heavy atom. The average molecular weight is 343 g/mol. The second-order valence-electron chi connectivity index (χ2n) is 6.07. The fourth-order valence-corrected chi connectivity index (χ4v) is 3.98. The summed E-state index contributed by atoms with van der Waals surface area (Å²) in [6.45, 7) is 2.71. The molecule has 0 saturated carbocycles. The van der Waals surface area contributed by atoms with Crippen LogP contribution in [-0.4, -0.2) is 49.0 Å². The molecule has 0 aliphatic carbocycles. The van der Waals surface area contributed by atoms with Crippen molar-refractivity contribution in [3.8, 4) is 0 Å². The monoisotopic (exact) mass is 343 g/mol. The molecule has 1 saturated heterocycles. The highest BCUT2D eigenvalue weighted by Gasteiger charge is 2.23. The Hall–Kier alpha value is -2.32. The molecule has 4 rings (SSSR count). The van der Waals surface area contributed by atoms with Crippen LogP contribution >= 0.6 is 11.3 Å². The number of piperidine rings is 1. The molecule has 0 spiro atoms. The van der Waals surface area contributed by atoms with Crippen molar-refractivity contribution >= 4 is 27.5 Å². The summed E-state index contributed by atoms with van der Waals surface area (Å²) in [7, 11) is 0. The van der Waals surface area contributed by atoms with Crippen molar-refractivity contribution in [2.45, 2.75) is 25.4 Å². The lowest BCUT2D eigenvalue weighted by Crippen LogP contribution is -2.36. The summed E-state index contributed by atoms with van der Waals surface area (Å²) in [6.07, 6.45) is 5.51. The van der Waals surface area contributed by atoms with Gasteiger partial charge < -0.3 is 5.11 Å². The second-order valence-corrected chi connectivity index (χ2v) is 7.02. The number of carbonyl (C=O) groups is 1. The van der Waals surface area contributed by atoms with E-state index in [1.165, 1.54) is 16.5 Å². The molecule has 0 radical (unpaired) electrons. The fourth-order valence-electron chi connectivity index (χ4n) is 3.18. The predicted octanol–water partition coefficient (Wildman–Crippen LogP) is 2.42. The second kappa shape index (κ2) is 6.29. The molecular formula is C16H17N5O2S. The Labute approximate surface area is 142 Å². The Morgan fingerprint density at radius 1 is 1.46 bits per heavy atom. The molecule has 1 aliphatic heterocycles. The van der Waals surface area contributed by atoms with E-state index in [4.69, 9.17) is 5.11 Å². The van der Waals surface area contributed by atoms with Crippen molar-refractivity contribution in [2.24, 2.45) is 0 Å². The average Bonchev–Trinajstić information content (AvgIpc) is 3.24. The first-order chi connectivity index (χ1) is 11.7. The number of fused-ring (bicyclic) bond motifs is 1. The number of pyridine rings is 1. The first kappa shape index (κ1) is 15.2. The summed E-state index contributed by atoms with van der Waals surface area (Å²) < 4.78 is 2.90. The van der Waals surface area contributed by atoms with E-state index >= 15 is 0 Å². The van der Waals surface area contributed by atoms with Gasteiger partial charge in [-0.15, -0.1) is 16.4 Å². The summed E-state index contributed by atoms with van der Waals surface area (Å²) >= 11 is 1.71. The van der Waals surface area contributed by atoms with Crippen molar-refractivity contribution in [3.05, 3.63) is 41.2 Å². The highest BCUT2D eigenvalue weighted by molar-refractivity contribution is 7.17. The van der Waals surface area contributed by atoms with Crippen molar-refractivity contribution in [1.82, 2.24) is 24.9 Å². The number of carboxylic acids is 1. The van der Waals surface area contributed by atoms with Crippen LogP contribution in [0.2, 0.25) is 0 Å². The van der Waals surface area contributed by atoms with E-state index in [9.17, 15) is 4.79 Å². The van der Waals surface area contributed by atoms with Crippen LogP contribution in [0.1, 0.15) is 34.9 Å². The van der Waals surface area contributed by atoms with Gasteiger partial charge in [0.25, 0.3) is 0 Å². The number of hydrogen-bond donors (Lipinski definition) is 1. The molecule has 3 aromatic rings. The Morgan fingerprint density at radius 2 is 2.38 bits per heavy atom. The molecule has 1 fully saturated rings. The molecule has 0 aromatic carbocycles. The van der Waals surface area contributed by atoms with E-state index in [-0.39, 0.29) is 11.7 Å². The van der Waals surface area contributed by atoms with Crippen LogP contribution in [0, 0.1) is 0 Å². The quantitative estimate of drug-likeness (QED) is 0.783. The number of hydrogen-bond acceptors (Lipinski definition) is 6. The van der Waals surface area contributed by atoms with E-state index in [0.717, 1.165) is 38.0 Å². The van der Waals surface area contributed by atoms with Crippen LogP contribution in [0.4, 0.5) is 0 Å². The zero-order chi connectivity index (χ0) is 16.5. The number of nitrogens with zero attached hydrogens (tertiary/aromatic N) is 5. The van der Waals surface area contributed by atoms with Gasteiger partial charge in [0.15, 0.2) is 5.69 Å². The van der Waals surface area contributed by atoms with Gasteiger partial charge in [0.05, 0.1) is 22.5 Å². The highest BCUT2D eigenvalue weighted by atomic mass is 32.1. The maximum atomic E-state index is 11.0. The molecule has 7 nitrogen and oxygen atoms in total. The summed E-state index contributed by atoms with van der Waals surface area (Å²) in [6, 6.07) is 4.40. The minimum atomic E-state index is -1.04. The standard InChI is InChI=1S/C16H17N5O2S/c22-16(23)14-10-21(19-18-14)12-2-1-4-20(9-12)8-11-6-15-13(17-7-11)3-5-24-15/h3,5-7,10,12H,1-2,4,8-9H2,(H,22,23). The van der Waals surface area contributed by atoms with Gasteiger partial charge in [-0.05, 0) is 42.5 Å². The van der Waals surface area contributed by atoms with E-state index in [1.54, 1.807) is 16.0 Å². The first-order valence-corrected chi connectivity index (χ1v) is 8.76. The van der Waals surface area contributed by atoms with Crippen molar-refractivity contribution in [3.63, 3.8) is 0 Å². The smallest absolute Gasteiger partial charge is 0.358 e. The van der Waals surface area contributed by atoms with Gasteiger partial charge in [0.2, 0.25) is 0 Å². The lowest BCUT2D eigenvalue weighted by atomic mass is 10.1. The molecule has 24 heavy (non-hydrogen) atoms. The molecule has 0 bridgehead atoms. The molecule has 124 valence electrons. The van der Waals surface area contributed by atoms with Crippen molar-refractivity contribution in [2.75, 3.05) is 13.1 Å². The van der Waals surface area contributed by atoms with Crippen molar-refractivity contribution in [1.29, 1.82) is 0 Å². The third kappa shape index (κ3) is 3.02. The number of rotatable bonds is 4. The lowest BCUT2D eigenvalue weighted by molar-refractivity contribution is 0.0690. The predicted molar refractivity (Wildman–Crippen MR) is 90.1 cm³/mol. The number of aromatic carboxylic acids is 1. The zero-order valence-electron chi connectivity index (χ0n) is 13.0. The molecule has 1 aliphatic rings. The van der Waals surface area contributed by atoms with Crippen LogP contribution in [-0.2, 0) is 6.54 Å². The molecule has 1 unspecified atom stereocenters. The zero-order valence-corrected chi connectivity index (χ0v) is 13.8. The van der Waals surface area contributed by atoms with Crippen LogP contribution in [0.15, 0.2) is 29.9 Å².